The molecule has 0 radical (unpaired) electrons. The number of rotatable bonds is 42. The molecule has 51 heavy (non-hydrogen) atoms. The molecule has 0 aromatic heterocycles. The molecule has 4 heteroatoms. The summed E-state index contributed by atoms with van der Waals surface area (Å²) in [6.45, 7) is 6.70. The van der Waals surface area contributed by atoms with E-state index in [4.69, 9.17) is 0 Å². The molecule has 0 rings (SSSR count). The smallest absolute Gasteiger partial charge is 0.220 e. The quantitative estimate of drug-likeness (QED) is 0.0434. The van der Waals surface area contributed by atoms with Gasteiger partial charge in [-0.25, -0.2) is 0 Å². The molecule has 0 bridgehead atoms. The van der Waals surface area contributed by atoms with Crippen LogP contribution in [-0.2, 0) is 4.79 Å². The molecule has 0 heterocycles. The van der Waals surface area contributed by atoms with Gasteiger partial charge in [0.15, 0.2) is 0 Å². The Morgan fingerprint density at radius 3 is 1.20 bits per heavy atom. The normalized spacial score (nSPS) is 13.1. The molecule has 1 amide bonds. The van der Waals surface area contributed by atoms with Crippen LogP contribution in [0.15, 0.2) is 12.2 Å². The largest absolute Gasteiger partial charge is 0.394 e. The molecule has 0 aliphatic carbocycles. The average molecular weight is 720 g/mol. The maximum Gasteiger partial charge on any atom is 0.220 e. The van der Waals surface area contributed by atoms with E-state index in [2.05, 4.69) is 26.1 Å². The highest BCUT2D eigenvalue weighted by atomic mass is 16.3. The number of allylic oxidation sites excluding steroid dienone is 1. The van der Waals surface area contributed by atoms with Gasteiger partial charge in [-0.05, 0) is 25.2 Å². The number of hydrogen-bond acceptors (Lipinski definition) is 3. The molecule has 2 atom stereocenters. The molecule has 0 spiro atoms. The molecule has 2 unspecified atom stereocenters. The SMILES string of the molecule is CCCCCCCCCCCCCCCCCCCCCC(=O)NC(CO)C(O)C=CCCCCCCCCCCCCCCCCCC(C)C. The van der Waals surface area contributed by atoms with Crippen LogP contribution in [0.3, 0.4) is 0 Å². The van der Waals surface area contributed by atoms with Crippen molar-refractivity contribution in [1.29, 1.82) is 0 Å². The molecule has 0 aromatic rings. The zero-order valence-electron chi connectivity index (χ0n) is 35.1. The van der Waals surface area contributed by atoms with Crippen LogP contribution in [0.5, 0.6) is 0 Å². The van der Waals surface area contributed by atoms with Gasteiger partial charge in [0.05, 0.1) is 18.8 Å². The minimum Gasteiger partial charge on any atom is -0.394 e. The number of amides is 1. The molecule has 0 saturated heterocycles. The third-order valence-electron chi connectivity index (χ3n) is 10.9. The van der Waals surface area contributed by atoms with E-state index >= 15 is 0 Å². The number of carbonyl (C=O) groups excluding carboxylic acids is 1. The van der Waals surface area contributed by atoms with Gasteiger partial charge in [0.2, 0.25) is 5.91 Å². The Balaban J connectivity index is 3.52. The molecule has 0 aliphatic heterocycles. The van der Waals surface area contributed by atoms with Crippen LogP contribution in [0.1, 0.15) is 258 Å². The second-order valence-electron chi connectivity index (χ2n) is 16.7. The van der Waals surface area contributed by atoms with E-state index in [1.807, 2.05) is 6.08 Å². The van der Waals surface area contributed by atoms with Crippen LogP contribution in [0, 0.1) is 5.92 Å². The number of carbonyl (C=O) groups is 1. The van der Waals surface area contributed by atoms with Gasteiger partial charge in [-0.15, -0.1) is 0 Å². The molecule has 0 aromatic carbocycles. The van der Waals surface area contributed by atoms with Crippen LogP contribution in [-0.4, -0.2) is 34.9 Å². The summed E-state index contributed by atoms with van der Waals surface area (Å²) in [4.78, 5) is 12.4. The fourth-order valence-electron chi connectivity index (χ4n) is 7.36. The molecule has 304 valence electrons. The van der Waals surface area contributed by atoms with Crippen molar-refractivity contribution in [3.8, 4) is 0 Å². The Bertz CT molecular complexity index is 708. The van der Waals surface area contributed by atoms with Crippen molar-refractivity contribution >= 4 is 5.91 Å². The van der Waals surface area contributed by atoms with Gasteiger partial charge in [-0.3, -0.25) is 4.79 Å². The first-order valence-corrected chi connectivity index (χ1v) is 23.3. The van der Waals surface area contributed by atoms with Crippen molar-refractivity contribution in [2.75, 3.05) is 6.61 Å². The highest BCUT2D eigenvalue weighted by Gasteiger charge is 2.18. The van der Waals surface area contributed by atoms with Crippen LogP contribution in [0.2, 0.25) is 0 Å². The van der Waals surface area contributed by atoms with E-state index < -0.39 is 12.1 Å². The van der Waals surface area contributed by atoms with Gasteiger partial charge < -0.3 is 15.5 Å². The number of unbranched alkanes of at least 4 members (excludes halogenated alkanes) is 33. The zero-order valence-corrected chi connectivity index (χ0v) is 35.1. The van der Waals surface area contributed by atoms with Gasteiger partial charge >= 0.3 is 0 Å². The van der Waals surface area contributed by atoms with Gasteiger partial charge in [0, 0.05) is 6.42 Å². The van der Waals surface area contributed by atoms with E-state index in [-0.39, 0.29) is 12.5 Å². The molecule has 0 aliphatic rings. The standard InChI is InChI=1S/C47H93NO3/c1-4-5-6-7-8-9-10-11-12-13-14-18-21-24-27-30-33-36-39-42-47(51)48-45(43-49)46(50)41-38-35-32-29-26-23-20-17-15-16-19-22-25-28-31-34-37-40-44(2)3/h38,41,44-46,49-50H,4-37,39-40,42-43H2,1-3H3,(H,48,51). The lowest BCUT2D eigenvalue weighted by Gasteiger charge is -2.20. The van der Waals surface area contributed by atoms with Crippen molar-refractivity contribution in [2.45, 2.75) is 270 Å². The summed E-state index contributed by atoms with van der Waals surface area (Å²) < 4.78 is 0. The van der Waals surface area contributed by atoms with Crippen molar-refractivity contribution in [1.82, 2.24) is 5.32 Å². The van der Waals surface area contributed by atoms with Crippen LogP contribution in [0.25, 0.3) is 0 Å². The Kier molecular flexibility index (Phi) is 41.2. The number of nitrogens with one attached hydrogen (secondary N) is 1. The first kappa shape index (κ1) is 50.1. The zero-order chi connectivity index (χ0) is 37.3. The van der Waals surface area contributed by atoms with Crippen molar-refractivity contribution in [3.63, 3.8) is 0 Å². The van der Waals surface area contributed by atoms with Crippen molar-refractivity contribution < 1.29 is 15.0 Å². The fourth-order valence-corrected chi connectivity index (χ4v) is 7.36. The van der Waals surface area contributed by atoms with E-state index in [1.165, 1.54) is 205 Å². The molecule has 0 fully saturated rings. The second kappa shape index (κ2) is 41.9. The van der Waals surface area contributed by atoms with Gasteiger partial charge in [0.25, 0.3) is 0 Å². The molecular weight excluding hydrogens is 627 g/mol. The van der Waals surface area contributed by atoms with Gasteiger partial charge in [-0.2, -0.15) is 0 Å². The molecule has 0 saturated carbocycles. The monoisotopic (exact) mass is 720 g/mol. The lowest BCUT2D eigenvalue weighted by molar-refractivity contribution is -0.123. The highest BCUT2D eigenvalue weighted by Crippen LogP contribution is 2.17. The van der Waals surface area contributed by atoms with E-state index in [0.717, 1.165) is 31.6 Å². The summed E-state index contributed by atoms with van der Waals surface area (Å²) in [5.41, 5.74) is 0. The predicted octanol–water partition coefficient (Wildman–Crippen LogP) is 14.5. The molecule has 3 N–H and O–H groups in total. The average Bonchev–Trinajstić information content (AvgIpc) is 3.12. The number of aliphatic hydroxyl groups is 2. The van der Waals surface area contributed by atoms with E-state index in [1.54, 1.807) is 6.08 Å². The second-order valence-corrected chi connectivity index (χ2v) is 16.7. The highest BCUT2D eigenvalue weighted by molar-refractivity contribution is 5.76. The lowest BCUT2D eigenvalue weighted by Crippen LogP contribution is -2.45. The number of aliphatic hydroxyl groups excluding tert-OH is 2. The third kappa shape index (κ3) is 40.2. The van der Waals surface area contributed by atoms with Crippen molar-refractivity contribution in [2.24, 2.45) is 5.92 Å². The van der Waals surface area contributed by atoms with E-state index in [9.17, 15) is 15.0 Å². The van der Waals surface area contributed by atoms with E-state index in [0.29, 0.717) is 6.42 Å². The van der Waals surface area contributed by atoms with Crippen LogP contribution < -0.4 is 5.32 Å². The summed E-state index contributed by atoms with van der Waals surface area (Å²) in [5, 5.41) is 23.1. The first-order valence-electron chi connectivity index (χ1n) is 23.3. The Hall–Kier alpha value is -0.870. The maximum atomic E-state index is 12.4. The Morgan fingerprint density at radius 2 is 0.843 bits per heavy atom. The van der Waals surface area contributed by atoms with Crippen LogP contribution >= 0.6 is 0 Å². The topological polar surface area (TPSA) is 69.6 Å². The van der Waals surface area contributed by atoms with Gasteiger partial charge in [0.1, 0.15) is 0 Å². The Morgan fingerprint density at radius 1 is 0.510 bits per heavy atom. The summed E-state index contributed by atoms with van der Waals surface area (Å²) in [7, 11) is 0. The maximum absolute atomic E-state index is 12.4. The fraction of sp³-hybridized carbons (Fsp3) is 0.936. The summed E-state index contributed by atoms with van der Waals surface area (Å²) >= 11 is 0. The number of hydrogen-bond donors (Lipinski definition) is 3. The summed E-state index contributed by atoms with van der Waals surface area (Å²) in [6.07, 6.45) is 51.8. The molecule has 4 nitrogen and oxygen atoms in total. The lowest BCUT2D eigenvalue weighted by atomic mass is 10.0. The summed E-state index contributed by atoms with van der Waals surface area (Å²) in [5.74, 6) is 0.806. The Labute approximate surface area is 320 Å². The summed E-state index contributed by atoms with van der Waals surface area (Å²) in [6, 6.07) is -0.617. The first-order chi connectivity index (χ1) is 25.0. The third-order valence-corrected chi connectivity index (χ3v) is 10.9. The molecular formula is C47H93NO3. The van der Waals surface area contributed by atoms with Gasteiger partial charge in [-0.1, -0.05) is 245 Å². The minimum atomic E-state index is -0.834. The minimum absolute atomic E-state index is 0.0589. The predicted molar refractivity (Wildman–Crippen MR) is 226 cm³/mol. The van der Waals surface area contributed by atoms with Crippen LogP contribution in [0.4, 0.5) is 0 Å². The van der Waals surface area contributed by atoms with Crippen molar-refractivity contribution in [3.05, 3.63) is 12.2 Å².